The SMILES string of the molecule is COc1ccccc1Nc1cc(C(=O)NCCCN2CCCCCC2)c2ccccc2n1. The molecule has 0 saturated carbocycles. The van der Waals surface area contributed by atoms with E-state index in [9.17, 15) is 4.79 Å². The van der Waals surface area contributed by atoms with Crippen LogP contribution in [0, 0.1) is 0 Å². The minimum absolute atomic E-state index is 0.0671. The lowest BCUT2D eigenvalue weighted by molar-refractivity contribution is 0.0953. The van der Waals surface area contributed by atoms with Crippen LogP contribution in [0.1, 0.15) is 42.5 Å². The van der Waals surface area contributed by atoms with Crippen molar-refractivity contribution in [2.24, 2.45) is 0 Å². The van der Waals surface area contributed by atoms with Crippen LogP contribution in [0.5, 0.6) is 5.75 Å². The van der Waals surface area contributed by atoms with Crippen LogP contribution >= 0.6 is 0 Å². The van der Waals surface area contributed by atoms with Crippen molar-refractivity contribution in [1.29, 1.82) is 0 Å². The van der Waals surface area contributed by atoms with Gasteiger partial charge >= 0.3 is 0 Å². The van der Waals surface area contributed by atoms with Crippen molar-refractivity contribution in [3.8, 4) is 5.75 Å². The number of fused-ring (bicyclic) bond motifs is 1. The van der Waals surface area contributed by atoms with E-state index in [2.05, 4.69) is 15.5 Å². The van der Waals surface area contributed by atoms with E-state index in [4.69, 9.17) is 9.72 Å². The van der Waals surface area contributed by atoms with Crippen molar-refractivity contribution in [2.45, 2.75) is 32.1 Å². The fourth-order valence-corrected chi connectivity index (χ4v) is 4.27. The van der Waals surface area contributed by atoms with E-state index in [0.717, 1.165) is 35.3 Å². The summed E-state index contributed by atoms with van der Waals surface area (Å²) in [6.45, 7) is 4.07. The fraction of sp³-hybridized carbons (Fsp3) is 0.385. The first kappa shape index (κ1) is 22.1. The third-order valence-corrected chi connectivity index (χ3v) is 5.97. The molecule has 2 aromatic carbocycles. The number of rotatable bonds is 8. The number of nitrogens with zero attached hydrogens (tertiary/aromatic N) is 2. The van der Waals surface area contributed by atoms with E-state index >= 15 is 0 Å². The van der Waals surface area contributed by atoms with Gasteiger partial charge in [-0.25, -0.2) is 4.98 Å². The molecule has 3 aromatic rings. The van der Waals surface area contributed by atoms with Crippen LogP contribution in [0.4, 0.5) is 11.5 Å². The molecule has 0 unspecified atom stereocenters. The molecule has 32 heavy (non-hydrogen) atoms. The molecule has 1 aliphatic heterocycles. The normalized spacial score (nSPS) is 14.7. The first-order valence-corrected chi connectivity index (χ1v) is 11.5. The van der Waals surface area contributed by atoms with Crippen LogP contribution in [0.15, 0.2) is 54.6 Å². The number of hydrogen-bond donors (Lipinski definition) is 2. The molecule has 1 aromatic heterocycles. The van der Waals surface area contributed by atoms with Gasteiger partial charge in [-0.2, -0.15) is 0 Å². The molecule has 0 atom stereocenters. The van der Waals surface area contributed by atoms with Gasteiger partial charge in [-0.15, -0.1) is 0 Å². The lowest BCUT2D eigenvalue weighted by atomic mass is 10.1. The van der Waals surface area contributed by atoms with Crippen molar-refractivity contribution in [1.82, 2.24) is 15.2 Å². The summed E-state index contributed by atoms with van der Waals surface area (Å²) in [7, 11) is 1.64. The minimum atomic E-state index is -0.0671. The van der Waals surface area contributed by atoms with Gasteiger partial charge in [-0.1, -0.05) is 43.2 Å². The van der Waals surface area contributed by atoms with Gasteiger partial charge in [0.05, 0.1) is 23.9 Å². The number of anilines is 2. The Morgan fingerprint density at radius 2 is 1.78 bits per heavy atom. The second-order valence-corrected chi connectivity index (χ2v) is 8.26. The van der Waals surface area contributed by atoms with E-state index in [1.165, 1.54) is 38.8 Å². The maximum Gasteiger partial charge on any atom is 0.252 e. The average molecular weight is 433 g/mol. The third-order valence-electron chi connectivity index (χ3n) is 5.97. The molecule has 168 valence electrons. The largest absolute Gasteiger partial charge is 0.495 e. The summed E-state index contributed by atoms with van der Waals surface area (Å²) in [5.74, 6) is 1.27. The van der Waals surface area contributed by atoms with Crippen LogP contribution in [-0.2, 0) is 0 Å². The van der Waals surface area contributed by atoms with E-state index in [1.807, 2.05) is 54.6 Å². The molecule has 1 saturated heterocycles. The van der Waals surface area contributed by atoms with E-state index in [0.29, 0.717) is 17.9 Å². The molecule has 1 amide bonds. The van der Waals surface area contributed by atoms with Gasteiger partial charge in [0, 0.05) is 11.9 Å². The second-order valence-electron chi connectivity index (χ2n) is 8.26. The topological polar surface area (TPSA) is 66.5 Å². The van der Waals surface area contributed by atoms with Gasteiger partial charge in [-0.3, -0.25) is 4.79 Å². The van der Waals surface area contributed by atoms with Crippen molar-refractivity contribution in [2.75, 3.05) is 38.6 Å². The molecule has 2 heterocycles. The average Bonchev–Trinajstić information content (AvgIpc) is 3.10. The fourth-order valence-electron chi connectivity index (χ4n) is 4.27. The summed E-state index contributed by atoms with van der Waals surface area (Å²) in [4.78, 5) is 20.3. The molecular weight excluding hydrogens is 400 g/mol. The summed E-state index contributed by atoms with van der Waals surface area (Å²) < 4.78 is 5.43. The predicted octanol–water partition coefficient (Wildman–Crippen LogP) is 4.98. The molecular formula is C26H32N4O2. The number of nitrogens with one attached hydrogen (secondary N) is 2. The number of aromatic nitrogens is 1. The summed E-state index contributed by atoms with van der Waals surface area (Å²) in [6.07, 6.45) is 6.22. The highest BCUT2D eigenvalue weighted by atomic mass is 16.5. The molecule has 2 N–H and O–H groups in total. The highest BCUT2D eigenvalue weighted by molar-refractivity contribution is 6.07. The maximum absolute atomic E-state index is 13.1. The molecule has 6 nitrogen and oxygen atoms in total. The number of likely N-dealkylation sites (tertiary alicyclic amines) is 1. The quantitative estimate of drug-likeness (QED) is 0.491. The van der Waals surface area contributed by atoms with Crippen LogP contribution in [0.25, 0.3) is 10.9 Å². The lowest BCUT2D eigenvalue weighted by Crippen LogP contribution is -2.30. The molecule has 0 radical (unpaired) electrons. The monoisotopic (exact) mass is 432 g/mol. The van der Waals surface area contributed by atoms with Gasteiger partial charge in [0.2, 0.25) is 0 Å². The Bertz CT molecular complexity index is 1040. The molecule has 6 heteroatoms. The van der Waals surface area contributed by atoms with E-state index in [-0.39, 0.29) is 5.91 Å². The summed E-state index contributed by atoms with van der Waals surface area (Å²) in [6, 6.07) is 17.2. The Kier molecular flexibility index (Phi) is 7.56. The van der Waals surface area contributed by atoms with Gasteiger partial charge in [0.15, 0.2) is 0 Å². The van der Waals surface area contributed by atoms with Crippen LogP contribution in [-0.4, -0.2) is 49.1 Å². The summed E-state index contributed by atoms with van der Waals surface area (Å²) in [5.41, 5.74) is 2.21. The molecule has 1 fully saturated rings. The summed E-state index contributed by atoms with van der Waals surface area (Å²) in [5, 5.41) is 7.27. The number of carbonyl (C=O) groups excluding carboxylic acids is 1. The molecule has 1 aliphatic rings. The summed E-state index contributed by atoms with van der Waals surface area (Å²) >= 11 is 0. The Labute approximate surface area is 190 Å². The maximum atomic E-state index is 13.1. The Morgan fingerprint density at radius 3 is 2.59 bits per heavy atom. The number of amides is 1. The molecule has 0 spiro atoms. The minimum Gasteiger partial charge on any atom is -0.495 e. The Balaban J connectivity index is 1.46. The molecule has 0 aliphatic carbocycles. The highest BCUT2D eigenvalue weighted by Gasteiger charge is 2.14. The molecule has 0 bridgehead atoms. The first-order chi connectivity index (χ1) is 15.7. The van der Waals surface area contributed by atoms with Gasteiger partial charge < -0.3 is 20.3 Å². The standard InChI is InChI=1S/C26H32N4O2/c1-32-24-14-7-6-13-23(24)29-25-19-21(20-11-4-5-12-22(20)28-25)26(31)27-15-10-18-30-16-8-2-3-9-17-30/h4-7,11-14,19H,2-3,8-10,15-18H2,1H3,(H,27,31)(H,28,29). The smallest absolute Gasteiger partial charge is 0.252 e. The zero-order valence-electron chi connectivity index (χ0n) is 18.8. The van der Waals surface area contributed by atoms with Gasteiger partial charge in [0.1, 0.15) is 11.6 Å². The number of hydrogen-bond acceptors (Lipinski definition) is 5. The van der Waals surface area contributed by atoms with Crippen molar-refractivity contribution in [3.05, 3.63) is 60.2 Å². The zero-order chi connectivity index (χ0) is 22.2. The lowest BCUT2D eigenvalue weighted by Gasteiger charge is -2.19. The molecule has 4 rings (SSSR count). The number of carbonyl (C=O) groups is 1. The predicted molar refractivity (Wildman–Crippen MR) is 130 cm³/mol. The van der Waals surface area contributed by atoms with Gasteiger partial charge in [-0.05, 0) is 63.2 Å². The number of ether oxygens (including phenoxy) is 1. The van der Waals surface area contributed by atoms with Crippen molar-refractivity contribution < 1.29 is 9.53 Å². The number of pyridine rings is 1. The number of methoxy groups -OCH3 is 1. The zero-order valence-corrected chi connectivity index (χ0v) is 18.8. The Hall–Kier alpha value is -3.12. The van der Waals surface area contributed by atoms with Crippen LogP contribution < -0.4 is 15.4 Å². The number of para-hydroxylation sites is 3. The van der Waals surface area contributed by atoms with Crippen LogP contribution in [0.2, 0.25) is 0 Å². The number of benzene rings is 2. The van der Waals surface area contributed by atoms with Gasteiger partial charge in [0.25, 0.3) is 5.91 Å². The second kappa shape index (κ2) is 11.0. The van der Waals surface area contributed by atoms with E-state index < -0.39 is 0 Å². The van der Waals surface area contributed by atoms with Crippen molar-refractivity contribution in [3.63, 3.8) is 0 Å². The van der Waals surface area contributed by atoms with Crippen LogP contribution in [0.3, 0.4) is 0 Å². The van der Waals surface area contributed by atoms with E-state index in [1.54, 1.807) is 7.11 Å². The highest BCUT2D eigenvalue weighted by Crippen LogP contribution is 2.28. The Morgan fingerprint density at radius 1 is 1.03 bits per heavy atom. The third kappa shape index (κ3) is 5.56. The first-order valence-electron chi connectivity index (χ1n) is 11.5. The van der Waals surface area contributed by atoms with Crippen molar-refractivity contribution >= 4 is 28.3 Å².